The number of rotatable bonds is 2. The molecule has 3 N–H and O–H groups in total. The number of Topliss-reactive ketones (excluding diaryl/α,β-unsaturated/α-hetero) is 1. The normalized spacial score (nSPS) is 10.6. The first-order valence-electron chi connectivity index (χ1n) is 5.41. The lowest BCUT2D eigenvalue weighted by Gasteiger charge is -1.99. The van der Waals surface area contributed by atoms with Crippen LogP contribution in [0.15, 0.2) is 16.5 Å². The van der Waals surface area contributed by atoms with Crippen LogP contribution in [0, 0.1) is 6.92 Å². The number of amides is 2. The third-order valence-corrected chi connectivity index (χ3v) is 2.82. The minimum atomic E-state index is -0.733. The summed E-state index contributed by atoms with van der Waals surface area (Å²) in [7, 11) is 1.82. The molecule has 94 valence electrons. The number of fused-ring (bicyclic) bond motifs is 1. The van der Waals surface area contributed by atoms with Crippen LogP contribution >= 0.6 is 0 Å². The van der Waals surface area contributed by atoms with Crippen molar-refractivity contribution in [2.24, 2.45) is 12.8 Å². The Bertz CT molecular complexity index is 658. The first kappa shape index (κ1) is 12.1. The largest absolute Gasteiger partial charge is 0.399 e. The Morgan fingerprint density at radius 2 is 2.06 bits per heavy atom. The molecule has 0 saturated carbocycles. The maximum Gasteiger partial charge on any atom is 0.383 e. The van der Waals surface area contributed by atoms with Gasteiger partial charge in [-0.3, -0.25) is 4.79 Å². The van der Waals surface area contributed by atoms with Gasteiger partial charge in [-0.2, -0.15) is 4.57 Å². The zero-order chi connectivity index (χ0) is 13.4. The van der Waals surface area contributed by atoms with Crippen molar-refractivity contribution in [2.75, 3.05) is 5.32 Å². The fourth-order valence-corrected chi connectivity index (χ4v) is 1.81. The number of hydrogen-bond donors (Lipinski definition) is 2. The lowest BCUT2D eigenvalue weighted by Crippen LogP contribution is -2.32. The van der Waals surface area contributed by atoms with E-state index in [1.165, 1.54) is 6.92 Å². The van der Waals surface area contributed by atoms with Crippen LogP contribution in [0.1, 0.15) is 23.2 Å². The molecule has 0 fully saturated rings. The molecular formula is C12H14N3O3+. The van der Waals surface area contributed by atoms with Gasteiger partial charge in [0.15, 0.2) is 11.5 Å². The molecule has 2 rings (SSSR count). The van der Waals surface area contributed by atoms with Gasteiger partial charge in [-0.1, -0.05) is 0 Å². The predicted octanol–water partition coefficient (Wildman–Crippen LogP) is 1.26. The van der Waals surface area contributed by atoms with Crippen LogP contribution in [0.4, 0.5) is 10.5 Å². The predicted molar refractivity (Wildman–Crippen MR) is 65.3 cm³/mol. The number of aryl methyl sites for hydroxylation is 2. The maximum atomic E-state index is 11.5. The molecule has 0 saturated heterocycles. The smallest absolute Gasteiger partial charge is 0.383 e. The number of furan rings is 1. The quantitative estimate of drug-likeness (QED) is 0.619. The van der Waals surface area contributed by atoms with E-state index in [4.69, 9.17) is 10.2 Å². The van der Waals surface area contributed by atoms with E-state index >= 15 is 0 Å². The molecule has 0 radical (unpaired) electrons. The summed E-state index contributed by atoms with van der Waals surface area (Å²) in [4.78, 5) is 22.5. The van der Waals surface area contributed by atoms with Crippen molar-refractivity contribution in [2.45, 2.75) is 13.8 Å². The van der Waals surface area contributed by atoms with Gasteiger partial charge in [0.25, 0.3) is 0 Å². The molecule has 2 heterocycles. The third-order valence-electron chi connectivity index (χ3n) is 2.82. The van der Waals surface area contributed by atoms with Crippen LogP contribution in [0.25, 0.3) is 11.1 Å². The number of nitrogens with two attached hydrogens (primary N) is 1. The van der Waals surface area contributed by atoms with Gasteiger partial charge in [0.05, 0.1) is 0 Å². The Kier molecular flexibility index (Phi) is 2.78. The highest BCUT2D eigenvalue weighted by molar-refractivity contribution is 6.09. The van der Waals surface area contributed by atoms with Gasteiger partial charge in [-0.15, -0.1) is 0 Å². The monoisotopic (exact) mass is 248 g/mol. The standard InChI is InChI=1S/C12H13N3O3/c1-6-4-5-8-9(14-12(13)17)10(7(2)16)18-11(8)15(6)3/h4-5H,1-3H3,(H2-,13,14,16,17)/p+1. The Labute approximate surface area is 103 Å². The summed E-state index contributed by atoms with van der Waals surface area (Å²) in [5, 5.41) is 3.08. The van der Waals surface area contributed by atoms with Crippen LogP contribution in [0.5, 0.6) is 0 Å². The molecule has 18 heavy (non-hydrogen) atoms. The molecule has 0 aromatic carbocycles. The molecule has 6 nitrogen and oxygen atoms in total. The van der Waals surface area contributed by atoms with Crippen molar-refractivity contribution in [3.63, 3.8) is 0 Å². The van der Waals surface area contributed by atoms with Gasteiger partial charge in [-0.25, -0.2) is 4.79 Å². The van der Waals surface area contributed by atoms with Gasteiger partial charge in [0.1, 0.15) is 18.1 Å². The number of nitrogens with zero attached hydrogens (tertiary/aromatic N) is 1. The highest BCUT2D eigenvalue weighted by atomic mass is 16.4. The second-order valence-electron chi connectivity index (χ2n) is 4.10. The average molecular weight is 248 g/mol. The van der Waals surface area contributed by atoms with Crippen molar-refractivity contribution in [3.05, 3.63) is 23.6 Å². The van der Waals surface area contributed by atoms with Gasteiger partial charge in [0, 0.05) is 19.9 Å². The van der Waals surface area contributed by atoms with Crippen LogP contribution in [-0.4, -0.2) is 11.8 Å². The second kappa shape index (κ2) is 4.14. The fourth-order valence-electron chi connectivity index (χ4n) is 1.81. The summed E-state index contributed by atoms with van der Waals surface area (Å²) in [5.74, 6) is -0.169. The Hall–Kier alpha value is -2.37. The van der Waals surface area contributed by atoms with E-state index < -0.39 is 6.03 Å². The number of carbonyl (C=O) groups excluding carboxylic acids is 2. The first-order valence-corrected chi connectivity index (χ1v) is 5.41. The van der Waals surface area contributed by atoms with Gasteiger partial charge < -0.3 is 15.5 Å². The molecule has 0 aliphatic carbocycles. The molecule has 0 aliphatic rings. The number of ketones is 1. The van der Waals surface area contributed by atoms with Crippen molar-refractivity contribution >= 4 is 28.6 Å². The van der Waals surface area contributed by atoms with E-state index in [9.17, 15) is 9.59 Å². The zero-order valence-corrected chi connectivity index (χ0v) is 10.4. The van der Waals surface area contributed by atoms with E-state index in [0.717, 1.165) is 5.69 Å². The van der Waals surface area contributed by atoms with Crippen LogP contribution in [-0.2, 0) is 7.05 Å². The molecule has 2 aromatic rings. The molecular weight excluding hydrogens is 234 g/mol. The zero-order valence-electron chi connectivity index (χ0n) is 10.4. The van der Waals surface area contributed by atoms with Gasteiger partial charge >= 0.3 is 11.7 Å². The molecule has 6 heteroatoms. The van der Waals surface area contributed by atoms with Crippen molar-refractivity contribution in [1.82, 2.24) is 0 Å². The van der Waals surface area contributed by atoms with E-state index in [-0.39, 0.29) is 11.5 Å². The summed E-state index contributed by atoms with van der Waals surface area (Å²) >= 11 is 0. The van der Waals surface area contributed by atoms with Crippen LogP contribution in [0.2, 0.25) is 0 Å². The highest BCUT2D eigenvalue weighted by Crippen LogP contribution is 2.29. The molecule has 2 aromatic heterocycles. The molecule has 2 amide bonds. The number of carbonyl (C=O) groups is 2. The summed E-state index contributed by atoms with van der Waals surface area (Å²) in [5.41, 5.74) is 6.91. The highest BCUT2D eigenvalue weighted by Gasteiger charge is 2.24. The minimum Gasteiger partial charge on any atom is -0.399 e. The number of hydrogen-bond acceptors (Lipinski definition) is 3. The van der Waals surface area contributed by atoms with Crippen LogP contribution in [0.3, 0.4) is 0 Å². The summed E-state index contributed by atoms with van der Waals surface area (Å²) < 4.78 is 7.32. The van der Waals surface area contributed by atoms with Gasteiger partial charge in [0.2, 0.25) is 5.76 Å². The number of urea groups is 1. The topological polar surface area (TPSA) is 89.2 Å². The van der Waals surface area contributed by atoms with Crippen molar-refractivity contribution < 1.29 is 18.6 Å². The SMILES string of the molecule is CC(=O)c1oc2c(ccc(C)[n+]2C)c1NC(N)=O. The lowest BCUT2D eigenvalue weighted by atomic mass is 10.2. The lowest BCUT2D eigenvalue weighted by molar-refractivity contribution is -0.657. The van der Waals surface area contributed by atoms with Crippen molar-refractivity contribution in [3.8, 4) is 0 Å². The number of primary amides is 1. The molecule has 0 unspecified atom stereocenters. The average Bonchev–Trinajstić information content (AvgIpc) is 2.63. The minimum absolute atomic E-state index is 0.102. The third kappa shape index (κ3) is 1.81. The molecule has 0 spiro atoms. The molecule has 0 bridgehead atoms. The van der Waals surface area contributed by atoms with E-state index in [2.05, 4.69) is 5.32 Å². The van der Waals surface area contributed by atoms with Gasteiger partial charge in [-0.05, 0) is 6.07 Å². The summed E-state index contributed by atoms with van der Waals surface area (Å²) in [6.07, 6.45) is 0. The second-order valence-corrected chi connectivity index (χ2v) is 4.10. The van der Waals surface area contributed by atoms with E-state index in [1.807, 2.05) is 20.0 Å². The van der Waals surface area contributed by atoms with E-state index in [1.54, 1.807) is 10.6 Å². The molecule has 0 atom stereocenters. The number of nitrogens with one attached hydrogen (secondary N) is 1. The maximum absolute atomic E-state index is 11.5. The Morgan fingerprint density at radius 3 is 2.61 bits per heavy atom. The summed E-state index contributed by atoms with van der Waals surface area (Å²) in [6.45, 7) is 3.29. The Balaban J connectivity index is 2.79. The number of aromatic nitrogens is 1. The van der Waals surface area contributed by atoms with Crippen LogP contribution < -0.4 is 15.6 Å². The van der Waals surface area contributed by atoms with Crippen molar-refractivity contribution in [1.29, 1.82) is 0 Å². The Morgan fingerprint density at radius 1 is 1.39 bits per heavy atom. The van der Waals surface area contributed by atoms with E-state index in [0.29, 0.717) is 16.8 Å². The summed E-state index contributed by atoms with van der Waals surface area (Å²) in [6, 6.07) is 2.92. The first-order chi connectivity index (χ1) is 8.41. The fraction of sp³-hybridized carbons (Fsp3) is 0.250. The molecule has 0 aliphatic heterocycles. The number of pyridine rings is 1. The number of anilines is 1.